The third kappa shape index (κ3) is 5.76. The van der Waals surface area contributed by atoms with E-state index in [9.17, 15) is 19.5 Å². The fraction of sp³-hybridized carbons (Fsp3) is 0.267. The number of aliphatic hydroxyl groups excluding tert-OH is 1. The van der Waals surface area contributed by atoms with E-state index in [4.69, 9.17) is 14.2 Å². The maximum Gasteiger partial charge on any atom is 0.350 e. The number of carbonyl (C=O) groups is 3. The number of carbonyl (C=O) groups excluding carboxylic acids is 3. The second-order valence-electron chi connectivity index (χ2n) is 8.65. The van der Waals surface area contributed by atoms with Crippen LogP contribution in [0.1, 0.15) is 53.3 Å². The number of hydrogen-bond acceptors (Lipinski definition) is 9. The molecule has 208 valence electrons. The molecule has 0 saturated carbocycles. The minimum Gasteiger partial charge on any atom is -0.503 e. The number of nitrogens with zero attached hydrogens (tertiary/aromatic N) is 2. The number of anilines is 1. The topological polar surface area (TPSA) is 115 Å². The Morgan fingerprint density at radius 1 is 1.02 bits per heavy atom. The number of ether oxygens (including phenoxy) is 3. The molecule has 1 amide bonds. The van der Waals surface area contributed by atoms with Crippen LogP contribution in [-0.2, 0) is 14.3 Å². The van der Waals surface area contributed by atoms with E-state index in [0.29, 0.717) is 36.0 Å². The number of ketones is 1. The third-order valence-electron chi connectivity index (χ3n) is 6.04. The van der Waals surface area contributed by atoms with Crippen molar-refractivity contribution in [1.29, 1.82) is 0 Å². The monoisotopic (exact) mass is 562 g/mol. The summed E-state index contributed by atoms with van der Waals surface area (Å²) in [4.78, 5) is 45.5. The highest BCUT2D eigenvalue weighted by Gasteiger charge is 2.45. The van der Waals surface area contributed by atoms with E-state index in [1.165, 1.54) is 11.0 Å². The van der Waals surface area contributed by atoms with E-state index >= 15 is 0 Å². The van der Waals surface area contributed by atoms with Gasteiger partial charge >= 0.3 is 5.97 Å². The van der Waals surface area contributed by atoms with Gasteiger partial charge in [0.15, 0.2) is 28.2 Å². The molecule has 0 bridgehead atoms. The first kappa shape index (κ1) is 28.6. The Morgan fingerprint density at radius 2 is 1.73 bits per heavy atom. The zero-order valence-electron chi connectivity index (χ0n) is 22.7. The summed E-state index contributed by atoms with van der Waals surface area (Å²) in [6, 6.07) is 13.2. The van der Waals surface area contributed by atoms with Crippen molar-refractivity contribution in [1.82, 2.24) is 4.98 Å². The van der Waals surface area contributed by atoms with Crippen molar-refractivity contribution in [3.8, 4) is 11.5 Å². The summed E-state index contributed by atoms with van der Waals surface area (Å²) in [6.07, 6.45) is 2.93. The fourth-order valence-corrected chi connectivity index (χ4v) is 5.29. The van der Waals surface area contributed by atoms with Crippen molar-refractivity contribution in [2.24, 2.45) is 0 Å². The number of esters is 1. The average Bonchev–Trinajstić information content (AvgIpc) is 3.45. The molecule has 1 unspecified atom stereocenters. The van der Waals surface area contributed by atoms with Crippen LogP contribution >= 0.6 is 11.3 Å². The summed E-state index contributed by atoms with van der Waals surface area (Å²) >= 11 is 0.955. The maximum atomic E-state index is 13.6. The number of hydrogen-bond donors (Lipinski definition) is 1. The first-order valence-corrected chi connectivity index (χ1v) is 13.7. The second-order valence-corrected chi connectivity index (χ2v) is 9.63. The second kappa shape index (κ2) is 12.6. The normalized spacial score (nSPS) is 15.2. The molecule has 9 nitrogen and oxygen atoms in total. The number of amides is 1. The molecule has 0 fully saturated rings. The number of thiazole rings is 1. The Balaban J connectivity index is 1.84. The largest absolute Gasteiger partial charge is 0.503 e. The minimum absolute atomic E-state index is 0.116. The van der Waals surface area contributed by atoms with E-state index in [-0.39, 0.29) is 22.2 Å². The van der Waals surface area contributed by atoms with Gasteiger partial charge in [-0.15, -0.1) is 0 Å². The van der Waals surface area contributed by atoms with Crippen molar-refractivity contribution in [2.45, 2.75) is 33.7 Å². The van der Waals surface area contributed by atoms with Crippen LogP contribution in [0.25, 0.3) is 6.08 Å². The van der Waals surface area contributed by atoms with Crippen LogP contribution in [0.4, 0.5) is 5.13 Å². The molecular weight excluding hydrogens is 532 g/mol. The molecule has 0 saturated heterocycles. The molecule has 1 N–H and O–H groups in total. The van der Waals surface area contributed by atoms with E-state index in [1.807, 2.05) is 44.2 Å². The Morgan fingerprint density at radius 3 is 2.40 bits per heavy atom. The Hall–Kier alpha value is -4.44. The van der Waals surface area contributed by atoms with E-state index in [0.717, 1.165) is 16.9 Å². The number of allylic oxidation sites excluding steroid dienone is 1. The van der Waals surface area contributed by atoms with Crippen molar-refractivity contribution >= 4 is 40.2 Å². The minimum atomic E-state index is -1.05. The molecule has 0 aliphatic carbocycles. The highest BCUT2D eigenvalue weighted by atomic mass is 32.1. The standard InChI is InChI=1S/C30H30N2O7S/c1-5-37-22-16-14-20(17-23(22)38-6-2)25-24(21(33)15-13-19-11-9-8-10-12-19)26(34)28(35)32(25)30-31-18(4)27(40-30)29(36)39-7-3/h8-17,25,34H,5-7H2,1-4H3. The smallest absolute Gasteiger partial charge is 0.350 e. The third-order valence-corrected chi connectivity index (χ3v) is 7.17. The van der Waals surface area contributed by atoms with Gasteiger partial charge in [-0.25, -0.2) is 9.78 Å². The van der Waals surface area contributed by atoms with E-state index in [2.05, 4.69) is 4.98 Å². The van der Waals surface area contributed by atoms with Crippen LogP contribution in [0.3, 0.4) is 0 Å². The molecule has 10 heteroatoms. The number of aromatic nitrogens is 1. The summed E-state index contributed by atoms with van der Waals surface area (Å²) in [5, 5.41) is 11.2. The van der Waals surface area contributed by atoms with Crippen LogP contribution in [0, 0.1) is 6.92 Å². The van der Waals surface area contributed by atoms with Gasteiger partial charge < -0.3 is 19.3 Å². The lowest BCUT2D eigenvalue weighted by Crippen LogP contribution is -2.31. The number of rotatable bonds is 11. The molecule has 0 radical (unpaired) electrons. The predicted molar refractivity (Wildman–Crippen MR) is 152 cm³/mol. The highest BCUT2D eigenvalue weighted by molar-refractivity contribution is 7.17. The molecule has 3 aromatic rings. The number of aliphatic hydroxyl groups is 1. The van der Waals surface area contributed by atoms with Crippen molar-refractivity contribution < 1.29 is 33.7 Å². The zero-order chi connectivity index (χ0) is 28.8. The van der Waals surface area contributed by atoms with Crippen molar-refractivity contribution in [3.05, 3.63) is 87.6 Å². The van der Waals surface area contributed by atoms with Crippen molar-refractivity contribution in [3.63, 3.8) is 0 Å². The van der Waals surface area contributed by atoms with Gasteiger partial charge in [0, 0.05) is 0 Å². The number of benzene rings is 2. The van der Waals surface area contributed by atoms with E-state index in [1.54, 1.807) is 38.1 Å². The van der Waals surface area contributed by atoms with Crippen LogP contribution in [0.5, 0.6) is 11.5 Å². The molecule has 2 heterocycles. The predicted octanol–water partition coefficient (Wildman–Crippen LogP) is 5.61. The van der Waals surface area contributed by atoms with Gasteiger partial charge in [0.2, 0.25) is 0 Å². The van der Waals surface area contributed by atoms with Gasteiger partial charge in [0.1, 0.15) is 4.88 Å². The maximum absolute atomic E-state index is 13.6. The Bertz CT molecular complexity index is 1480. The molecule has 1 aromatic heterocycles. The van der Waals surface area contributed by atoms with Gasteiger partial charge in [-0.2, -0.15) is 0 Å². The fourth-order valence-electron chi connectivity index (χ4n) is 4.30. The Labute approximate surface area is 236 Å². The molecule has 0 spiro atoms. The highest BCUT2D eigenvalue weighted by Crippen LogP contribution is 2.45. The average molecular weight is 563 g/mol. The quantitative estimate of drug-likeness (QED) is 0.237. The molecule has 1 aliphatic rings. The zero-order valence-corrected chi connectivity index (χ0v) is 23.5. The first-order chi connectivity index (χ1) is 19.3. The Kier molecular flexibility index (Phi) is 9.00. The molecule has 1 atom stereocenters. The summed E-state index contributed by atoms with van der Waals surface area (Å²) in [7, 11) is 0. The lowest BCUT2D eigenvalue weighted by atomic mass is 9.95. The lowest BCUT2D eigenvalue weighted by Gasteiger charge is -2.25. The van der Waals surface area contributed by atoms with Gasteiger partial charge in [-0.05, 0) is 57.0 Å². The van der Waals surface area contributed by atoms with Crippen LogP contribution in [0.15, 0.2) is 65.9 Å². The molecular formula is C30H30N2O7S. The van der Waals surface area contributed by atoms with Crippen LogP contribution in [0.2, 0.25) is 0 Å². The summed E-state index contributed by atoms with van der Waals surface area (Å²) < 4.78 is 16.6. The number of aryl methyl sites for hydroxylation is 1. The molecule has 2 aromatic carbocycles. The van der Waals surface area contributed by atoms with Gasteiger partial charge in [-0.1, -0.05) is 53.8 Å². The van der Waals surface area contributed by atoms with Gasteiger partial charge in [0.25, 0.3) is 5.91 Å². The summed E-state index contributed by atoms with van der Waals surface area (Å²) in [6.45, 7) is 7.96. The van der Waals surface area contributed by atoms with Crippen LogP contribution in [-0.4, -0.2) is 47.6 Å². The SMILES string of the molecule is CCOC(=O)c1sc(N2C(=O)C(O)=C(C(=O)C=Cc3ccccc3)C2c2ccc(OCC)c(OCC)c2)nc1C. The molecule has 40 heavy (non-hydrogen) atoms. The van der Waals surface area contributed by atoms with Crippen molar-refractivity contribution in [2.75, 3.05) is 24.7 Å². The van der Waals surface area contributed by atoms with Crippen LogP contribution < -0.4 is 14.4 Å². The first-order valence-electron chi connectivity index (χ1n) is 12.9. The molecule has 4 rings (SSSR count). The molecule has 1 aliphatic heterocycles. The summed E-state index contributed by atoms with van der Waals surface area (Å²) in [5.41, 5.74) is 1.53. The van der Waals surface area contributed by atoms with Gasteiger partial charge in [0.05, 0.1) is 37.1 Å². The van der Waals surface area contributed by atoms with Gasteiger partial charge in [-0.3, -0.25) is 14.5 Å². The van der Waals surface area contributed by atoms with E-state index < -0.39 is 29.5 Å². The summed E-state index contributed by atoms with van der Waals surface area (Å²) in [5.74, 6) is -1.68. The lowest BCUT2D eigenvalue weighted by molar-refractivity contribution is -0.117.